The van der Waals surface area contributed by atoms with Crippen LogP contribution in [0.4, 0.5) is 4.39 Å². The summed E-state index contributed by atoms with van der Waals surface area (Å²) in [5.41, 5.74) is 1.45. The fraction of sp³-hybridized carbons (Fsp3) is 0.235. The Kier molecular flexibility index (Phi) is 6.45. The van der Waals surface area contributed by atoms with Gasteiger partial charge in [0, 0.05) is 22.5 Å². The molecule has 1 aliphatic heterocycles. The number of carbonyl (C=O) groups is 1. The zero-order valence-corrected chi connectivity index (χ0v) is 14.1. The van der Waals surface area contributed by atoms with Crippen molar-refractivity contribution in [3.8, 4) is 11.5 Å². The zero-order valence-electron chi connectivity index (χ0n) is 13.2. The molecule has 0 bridgehead atoms. The molecule has 0 atom stereocenters. The van der Waals surface area contributed by atoms with E-state index in [1.807, 2.05) is 0 Å². The number of benzene rings is 2. The molecule has 0 fully saturated rings. The molecule has 0 saturated heterocycles. The largest absolute Gasteiger partial charge is 0.504 e. The second-order valence-electron chi connectivity index (χ2n) is 4.80. The van der Waals surface area contributed by atoms with Crippen molar-refractivity contribution in [1.82, 2.24) is 0 Å². The first-order valence-electron chi connectivity index (χ1n) is 7.04. The molecule has 0 unspecified atom stereocenters. The topological polar surface area (TPSA) is 65.0 Å². The van der Waals surface area contributed by atoms with Crippen LogP contribution in [0.15, 0.2) is 41.3 Å². The van der Waals surface area contributed by atoms with Crippen LogP contribution in [0.25, 0.3) is 0 Å². The number of fused-ring (bicyclic) bond motifs is 1. The van der Waals surface area contributed by atoms with Gasteiger partial charge in [0.25, 0.3) is 0 Å². The fourth-order valence-corrected chi connectivity index (χ4v) is 2.61. The molecule has 0 aliphatic carbocycles. The second kappa shape index (κ2) is 8.56. The molecule has 0 radical (unpaired) electrons. The summed E-state index contributed by atoms with van der Waals surface area (Å²) in [7, 11) is 3.03. The molecule has 0 saturated carbocycles. The van der Waals surface area contributed by atoms with Gasteiger partial charge in [-0.25, -0.2) is 4.39 Å². The third-order valence-electron chi connectivity index (χ3n) is 3.25. The number of phenolic OH excluding ortho intramolecular Hbond substituents is 1. The fourth-order valence-electron chi connectivity index (χ4n) is 2.12. The molecular weight excluding hydrogens is 335 g/mol. The quantitative estimate of drug-likeness (QED) is 0.674. The summed E-state index contributed by atoms with van der Waals surface area (Å²) in [5.74, 6) is -0.0247. The molecule has 2 aromatic carbocycles. The minimum absolute atomic E-state index is 0.0671. The second-order valence-corrected chi connectivity index (χ2v) is 5.77. The summed E-state index contributed by atoms with van der Waals surface area (Å²) < 4.78 is 26.9. The van der Waals surface area contributed by atoms with Gasteiger partial charge in [-0.15, -0.1) is 0 Å². The van der Waals surface area contributed by atoms with Gasteiger partial charge >= 0.3 is 5.97 Å². The molecule has 0 aromatic heterocycles. The number of phenols is 1. The number of halogens is 1. The smallest absolute Gasteiger partial charge is 0.310 e. The van der Waals surface area contributed by atoms with E-state index in [0.29, 0.717) is 11.3 Å². The summed E-state index contributed by atoms with van der Waals surface area (Å²) >= 11 is 1.15. The number of esters is 1. The van der Waals surface area contributed by atoms with Crippen LogP contribution in [0.3, 0.4) is 0 Å². The van der Waals surface area contributed by atoms with Gasteiger partial charge in [-0.2, -0.15) is 0 Å². The number of hydrogen-bond donors (Lipinski definition) is 1. The van der Waals surface area contributed by atoms with Crippen molar-refractivity contribution >= 4 is 18.0 Å². The van der Waals surface area contributed by atoms with Crippen molar-refractivity contribution < 1.29 is 27.9 Å². The Morgan fingerprint density at radius 2 is 2.04 bits per heavy atom. The highest BCUT2D eigenvalue weighted by molar-refractivity contribution is 7.94. The standard InChI is InChI=1S/C10H10O4.C7H7FOS/c1-13-8-3-2-6-4-9(11)14-5-7(6)10(8)12;1-9-10-7-4-2-3-6(8)5-7/h2-3,12H,4-5H2,1H3;2-5H,1H3. The average molecular weight is 352 g/mol. The zero-order chi connectivity index (χ0) is 17.5. The van der Waals surface area contributed by atoms with Gasteiger partial charge in [0.1, 0.15) is 12.4 Å². The number of rotatable bonds is 3. The van der Waals surface area contributed by atoms with Crippen LogP contribution in [0.1, 0.15) is 11.1 Å². The number of carbonyl (C=O) groups excluding carboxylic acids is 1. The molecule has 24 heavy (non-hydrogen) atoms. The first kappa shape index (κ1) is 18.1. The lowest BCUT2D eigenvalue weighted by Gasteiger charge is -2.18. The SMILES string of the molecule is COSc1cccc(F)c1.COc1ccc2c(c1O)COC(=O)C2. The molecule has 1 heterocycles. The highest BCUT2D eigenvalue weighted by Crippen LogP contribution is 2.34. The van der Waals surface area contributed by atoms with Crippen LogP contribution in [0.2, 0.25) is 0 Å². The number of hydrogen-bond acceptors (Lipinski definition) is 6. The van der Waals surface area contributed by atoms with Gasteiger partial charge < -0.3 is 18.8 Å². The average Bonchev–Trinajstić information content (AvgIpc) is 2.56. The monoisotopic (exact) mass is 352 g/mol. The lowest BCUT2D eigenvalue weighted by Crippen LogP contribution is -2.16. The van der Waals surface area contributed by atoms with Gasteiger partial charge in [0.05, 0.1) is 20.6 Å². The van der Waals surface area contributed by atoms with Crippen LogP contribution >= 0.6 is 12.0 Å². The molecule has 1 aliphatic rings. The van der Waals surface area contributed by atoms with E-state index in [9.17, 15) is 14.3 Å². The normalized spacial score (nSPS) is 12.5. The van der Waals surface area contributed by atoms with E-state index in [2.05, 4.69) is 0 Å². The Morgan fingerprint density at radius 3 is 2.71 bits per heavy atom. The number of cyclic esters (lactones) is 1. The van der Waals surface area contributed by atoms with Crippen molar-refractivity contribution in [2.24, 2.45) is 0 Å². The Balaban J connectivity index is 0.000000185. The first-order valence-corrected chi connectivity index (χ1v) is 7.79. The molecule has 7 heteroatoms. The Bertz CT molecular complexity index is 720. The highest BCUT2D eigenvalue weighted by Gasteiger charge is 2.21. The Hall–Kier alpha value is -2.25. The van der Waals surface area contributed by atoms with Gasteiger partial charge in [0.15, 0.2) is 11.5 Å². The molecule has 0 spiro atoms. The third kappa shape index (κ3) is 4.62. The maximum absolute atomic E-state index is 12.4. The predicted octanol–water partition coefficient (Wildman–Crippen LogP) is 3.48. The summed E-state index contributed by atoms with van der Waals surface area (Å²) in [5, 5.41) is 9.70. The van der Waals surface area contributed by atoms with Gasteiger partial charge in [-0.3, -0.25) is 4.79 Å². The molecule has 2 aromatic rings. The number of ether oxygens (including phenoxy) is 2. The maximum atomic E-state index is 12.4. The molecule has 0 amide bonds. The van der Waals surface area contributed by atoms with E-state index in [1.165, 1.54) is 19.2 Å². The van der Waals surface area contributed by atoms with Crippen molar-refractivity contribution in [3.05, 3.63) is 53.3 Å². The van der Waals surface area contributed by atoms with E-state index < -0.39 is 0 Å². The summed E-state index contributed by atoms with van der Waals surface area (Å²) in [4.78, 5) is 11.7. The summed E-state index contributed by atoms with van der Waals surface area (Å²) in [6.07, 6.45) is 0.215. The van der Waals surface area contributed by atoms with Crippen LogP contribution < -0.4 is 4.74 Å². The summed E-state index contributed by atoms with van der Waals surface area (Å²) in [6, 6.07) is 9.68. The van der Waals surface area contributed by atoms with Crippen LogP contribution in [0, 0.1) is 5.82 Å². The lowest BCUT2D eigenvalue weighted by molar-refractivity contribution is -0.145. The lowest BCUT2D eigenvalue weighted by atomic mass is 10.0. The minimum atomic E-state index is -0.262. The van der Waals surface area contributed by atoms with Crippen LogP contribution in [-0.4, -0.2) is 25.3 Å². The molecule has 5 nitrogen and oxygen atoms in total. The summed E-state index contributed by atoms with van der Waals surface area (Å²) in [6.45, 7) is 0.122. The molecule has 1 N–H and O–H groups in total. The van der Waals surface area contributed by atoms with E-state index in [1.54, 1.807) is 31.4 Å². The van der Waals surface area contributed by atoms with Crippen molar-refractivity contribution in [3.63, 3.8) is 0 Å². The Labute approximate surface area is 143 Å². The third-order valence-corrected chi connectivity index (χ3v) is 3.86. The van der Waals surface area contributed by atoms with E-state index in [0.717, 1.165) is 22.5 Å². The van der Waals surface area contributed by atoms with Gasteiger partial charge in [0.2, 0.25) is 0 Å². The number of methoxy groups -OCH3 is 1. The van der Waals surface area contributed by atoms with Gasteiger partial charge in [-0.05, 0) is 29.8 Å². The predicted molar refractivity (Wildman–Crippen MR) is 87.4 cm³/mol. The first-order chi connectivity index (χ1) is 11.5. The Morgan fingerprint density at radius 1 is 1.25 bits per heavy atom. The van der Waals surface area contributed by atoms with E-state index in [-0.39, 0.29) is 30.6 Å². The minimum Gasteiger partial charge on any atom is -0.504 e. The maximum Gasteiger partial charge on any atom is 0.310 e. The van der Waals surface area contributed by atoms with E-state index >= 15 is 0 Å². The van der Waals surface area contributed by atoms with Crippen LogP contribution in [0.5, 0.6) is 11.5 Å². The van der Waals surface area contributed by atoms with Crippen molar-refractivity contribution in [1.29, 1.82) is 0 Å². The molecule has 3 rings (SSSR count). The van der Waals surface area contributed by atoms with Crippen LogP contribution in [-0.2, 0) is 26.7 Å². The molecular formula is C17H17FO5S. The molecule has 128 valence electrons. The number of aromatic hydroxyl groups is 1. The van der Waals surface area contributed by atoms with Crippen molar-refractivity contribution in [2.75, 3.05) is 14.2 Å². The van der Waals surface area contributed by atoms with Gasteiger partial charge in [-0.1, -0.05) is 12.1 Å². The van der Waals surface area contributed by atoms with E-state index in [4.69, 9.17) is 13.7 Å². The van der Waals surface area contributed by atoms with Crippen molar-refractivity contribution in [2.45, 2.75) is 17.9 Å². The highest BCUT2D eigenvalue weighted by atomic mass is 32.2.